The van der Waals surface area contributed by atoms with E-state index in [2.05, 4.69) is 56.0 Å². The molecule has 0 amide bonds. The number of allylic oxidation sites excluding steroid dienone is 1. The molecule has 0 radical (unpaired) electrons. The van der Waals surface area contributed by atoms with Gasteiger partial charge in [-0.05, 0) is 25.0 Å². The molecule has 92 valence electrons. The van der Waals surface area contributed by atoms with E-state index < -0.39 is 0 Å². The van der Waals surface area contributed by atoms with Gasteiger partial charge in [0, 0.05) is 0 Å². The van der Waals surface area contributed by atoms with Crippen molar-refractivity contribution in [3.63, 3.8) is 0 Å². The lowest BCUT2D eigenvalue weighted by Gasteiger charge is -1.91. The van der Waals surface area contributed by atoms with Gasteiger partial charge in [0.15, 0.2) is 0 Å². The molecule has 18 heavy (non-hydrogen) atoms. The van der Waals surface area contributed by atoms with E-state index in [9.17, 15) is 0 Å². The normalized spacial score (nSPS) is 9.67. The number of rotatable bonds is 2. The highest BCUT2D eigenvalue weighted by Crippen LogP contribution is 2.02. The molecule has 0 heteroatoms. The third-order valence-electron chi connectivity index (χ3n) is 2.47. The van der Waals surface area contributed by atoms with Gasteiger partial charge in [-0.3, -0.25) is 0 Å². The van der Waals surface area contributed by atoms with Crippen molar-refractivity contribution in [2.75, 3.05) is 0 Å². The lowest BCUT2D eigenvalue weighted by Crippen LogP contribution is -1.71. The van der Waals surface area contributed by atoms with E-state index in [1.807, 2.05) is 37.3 Å². The second kappa shape index (κ2) is 8.08. The van der Waals surface area contributed by atoms with Crippen molar-refractivity contribution in [1.29, 1.82) is 0 Å². The van der Waals surface area contributed by atoms with Gasteiger partial charge in [0.1, 0.15) is 0 Å². The minimum absolute atomic E-state index is 1.18. The Morgan fingerprint density at radius 3 is 1.94 bits per heavy atom. The van der Waals surface area contributed by atoms with Crippen molar-refractivity contribution in [1.82, 2.24) is 0 Å². The maximum atomic E-state index is 3.66. The van der Waals surface area contributed by atoms with Gasteiger partial charge < -0.3 is 0 Å². The number of aryl methyl sites for hydroxylation is 1. The molecule has 2 aromatic rings. The van der Waals surface area contributed by atoms with Crippen LogP contribution < -0.4 is 0 Å². The highest BCUT2D eigenvalue weighted by molar-refractivity contribution is 5.48. The van der Waals surface area contributed by atoms with Crippen LogP contribution in [-0.2, 0) is 0 Å². The molecular weight excluding hydrogens is 216 g/mol. The van der Waals surface area contributed by atoms with Crippen molar-refractivity contribution in [2.24, 2.45) is 0 Å². The van der Waals surface area contributed by atoms with Crippen molar-refractivity contribution in [3.8, 4) is 0 Å². The number of hydrogen-bond acceptors (Lipinski definition) is 0. The zero-order valence-corrected chi connectivity index (χ0v) is 11.1. The van der Waals surface area contributed by atoms with Crippen molar-refractivity contribution in [2.45, 2.75) is 13.8 Å². The molecule has 0 aromatic heterocycles. The average Bonchev–Trinajstić information content (AvgIpc) is 2.42. The van der Waals surface area contributed by atoms with E-state index in [-0.39, 0.29) is 0 Å². The molecular formula is C18H20. The molecule has 0 aliphatic rings. The van der Waals surface area contributed by atoms with E-state index in [1.165, 1.54) is 16.7 Å². The summed E-state index contributed by atoms with van der Waals surface area (Å²) in [5.74, 6) is 0. The van der Waals surface area contributed by atoms with Crippen LogP contribution in [0, 0.1) is 6.92 Å². The Balaban J connectivity index is 0.000000180. The molecule has 0 heterocycles. The van der Waals surface area contributed by atoms with Gasteiger partial charge >= 0.3 is 0 Å². The minimum Gasteiger partial charge on any atom is -0.0985 e. The molecule has 0 bridgehead atoms. The fraction of sp³-hybridized carbons (Fsp3) is 0.111. The average molecular weight is 236 g/mol. The monoisotopic (exact) mass is 236 g/mol. The van der Waals surface area contributed by atoms with Crippen molar-refractivity contribution < 1.29 is 0 Å². The molecule has 0 unspecified atom stereocenters. The third kappa shape index (κ3) is 5.31. The smallest absolute Gasteiger partial charge is 0.0260 e. The fourth-order valence-electron chi connectivity index (χ4n) is 1.46. The Morgan fingerprint density at radius 1 is 0.833 bits per heavy atom. The maximum absolute atomic E-state index is 3.66. The summed E-state index contributed by atoms with van der Waals surface area (Å²) in [5.41, 5.74) is 3.74. The molecule has 0 saturated carbocycles. The molecule has 0 spiro atoms. The van der Waals surface area contributed by atoms with Gasteiger partial charge in [-0.15, -0.1) is 0 Å². The van der Waals surface area contributed by atoms with E-state index in [0.29, 0.717) is 0 Å². The number of hydrogen-bond donors (Lipinski definition) is 0. The predicted octanol–water partition coefficient (Wildman–Crippen LogP) is 5.36. The van der Waals surface area contributed by atoms with Crippen LogP contribution in [0.4, 0.5) is 0 Å². The summed E-state index contributed by atoms with van der Waals surface area (Å²) >= 11 is 0. The van der Waals surface area contributed by atoms with Gasteiger partial charge in [0.05, 0.1) is 0 Å². The van der Waals surface area contributed by atoms with Crippen LogP contribution in [0.2, 0.25) is 0 Å². The van der Waals surface area contributed by atoms with Crippen LogP contribution in [0.15, 0.2) is 67.3 Å². The molecule has 0 aliphatic heterocycles. The molecule has 2 rings (SSSR count). The van der Waals surface area contributed by atoms with Gasteiger partial charge in [-0.1, -0.05) is 85.0 Å². The lowest BCUT2D eigenvalue weighted by molar-refractivity contribution is 1.46. The number of benzene rings is 2. The highest BCUT2D eigenvalue weighted by Gasteiger charge is 1.82. The summed E-state index contributed by atoms with van der Waals surface area (Å²) in [6.07, 6.45) is 5.97. The first-order valence-corrected chi connectivity index (χ1v) is 6.13. The second-order valence-corrected chi connectivity index (χ2v) is 4.03. The predicted molar refractivity (Wildman–Crippen MR) is 82.4 cm³/mol. The van der Waals surface area contributed by atoms with E-state index in [4.69, 9.17) is 0 Å². The summed E-state index contributed by atoms with van der Waals surface area (Å²) in [5, 5.41) is 0. The maximum Gasteiger partial charge on any atom is -0.0260 e. The standard InChI is InChI=1S/2C9H10/c1-3-9-6-4-8(2)5-7-9;1-2-6-9-7-4-3-5-8-9/h3-7H,1H2,2H3;2-8H,1H3/b;6-2+. The molecule has 0 fully saturated rings. The van der Waals surface area contributed by atoms with E-state index in [1.54, 1.807) is 0 Å². The summed E-state index contributed by atoms with van der Waals surface area (Å²) in [6, 6.07) is 18.5. The van der Waals surface area contributed by atoms with Crippen LogP contribution in [-0.4, -0.2) is 0 Å². The summed E-state index contributed by atoms with van der Waals surface area (Å²) in [7, 11) is 0. The molecule has 0 N–H and O–H groups in total. The summed E-state index contributed by atoms with van der Waals surface area (Å²) in [6.45, 7) is 7.76. The van der Waals surface area contributed by atoms with E-state index in [0.717, 1.165) is 0 Å². The van der Waals surface area contributed by atoms with Gasteiger partial charge in [-0.25, -0.2) is 0 Å². The first kappa shape index (κ1) is 14.0. The fourth-order valence-corrected chi connectivity index (χ4v) is 1.46. The lowest BCUT2D eigenvalue weighted by atomic mass is 10.2. The van der Waals surface area contributed by atoms with Gasteiger partial charge in [-0.2, -0.15) is 0 Å². The zero-order valence-electron chi connectivity index (χ0n) is 11.1. The SMILES string of the molecule is C/C=C/c1ccccc1.C=Cc1ccc(C)cc1. The Morgan fingerprint density at radius 2 is 1.44 bits per heavy atom. The first-order chi connectivity index (χ1) is 8.76. The van der Waals surface area contributed by atoms with Crippen LogP contribution in [0.3, 0.4) is 0 Å². The molecule has 0 nitrogen and oxygen atoms in total. The summed E-state index contributed by atoms with van der Waals surface area (Å²) in [4.78, 5) is 0. The third-order valence-corrected chi connectivity index (χ3v) is 2.47. The molecule has 0 atom stereocenters. The second-order valence-electron chi connectivity index (χ2n) is 4.03. The van der Waals surface area contributed by atoms with Crippen LogP contribution in [0.5, 0.6) is 0 Å². The topological polar surface area (TPSA) is 0 Å². The van der Waals surface area contributed by atoms with Crippen LogP contribution >= 0.6 is 0 Å². The Hall–Kier alpha value is -2.08. The first-order valence-electron chi connectivity index (χ1n) is 6.13. The van der Waals surface area contributed by atoms with Crippen LogP contribution in [0.25, 0.3) is 12.2 Å². The summed E-state index contributed by atoms with van der Waals surface area (Å²) < 4.78 is 0. The Labute approximate surface area is 110 Å². The Bertz CT molecular complexity index is 475. The van der Waals surface area contributed by atoms with Gasteiger partial charge in [0.25, 0.3) is 0 Å². The van der Waals surface area contributed by atoms with E-state index >= 15 is 0 Å². The minimum atomic E-state index is 1.18. The van der Waals surface area contributed by atoms with Gasteiger partial charge in [0.2, 0.25) is 0 Å². The Kier molecular flexibility index (Phi) is 6.27. The zero-order chi connectivity index (χ0) is 13.2. The van der Waals surface area contributed by atoms with Crippen LogP contribution in [0.1, 0.15) is 23.6 Å². The largest absolute Gasteiger partial charge is 0.0985 e. The molecule has 2 aromatic carbocycles. The quantitative estimate of drug-likeness (QED) is 0.658. The van der Waals surface area contributed by atoms with Crippen molar-refractivity contribution in [3.05, 3.63) is 83.9 Å². The molecule has 0 saturated heterocycles. The highest BCUT2D eigenvalue weighted by atomic mass is 13.9. The van der Waals surface area contributed by atoms with Crippen molar-refractivity contribution >= 4 is 12.2 Å². The molecule has 0 aliphatic carbocycles.